The van der Waals surface area contributed by atoms with Gasteiger partial charge >= 0.3 is 5.97 Å². The lowest BCUT2D eigenvalue weighted by Crippen LogP contribution is -2.28. The third-order valence-electron chi connectivity index (χ3n) is 4.71. The molecule has 4 rings (SSSR count). The van der Waals surface area contributed by atoms with Crippen molar-refractivity contribution < 1.29 is 27.8 Å². The van der Waals surface area contributed by atoms with Crippen LogP contribution in [0.1, 0.15) is 24.2 Å². The van der Waals surface area contributed by atoms with Gasteiger partial charge in [0.25, 0.3) is 0 Å². The number of hydrogen-bond acceptors (Lipinski definition) is 7. The third kappa shape index (κ3) is 3.94. The van der Waals surface area contributed by atoms with Crippen molar-refractivity contribution in [3.8, 4) is 23.3 Å². The van der Waals surface area contributed by atoms with Gasteiger partial charge in [0.15, 0.2) is 17.7 Å². The van der Waals surface area contributed by atoms with E-state index in [9.17, 15) is 14.4 Å². The second-order valence-electron chi connectivity index (χ2n) is 6.75. The number of nitrogens with zero attached hydrogens (tertiary/aromatic N) is 1. The van der Waals surface area contributed by atoms with E-state index in [1.807, 2.05) is 0 Å². The van der Waals surface area contributed by atoms with Crippen LogP contribution in [0.2, 0.25) is 0 Å². The molecule has 1 aliphatic heterocycles. The van der Waals surface area contributed by atoms with Gasteiger partial charge in [-0.2, -0.15) is 5.26 Å². The number of nitrogens with two attached hydrogens (primary N) is 1. The van der Waals surface area contributed by atoms with Crippen molar-refractivity contribution in [2.75, 3.05) is 0 Å². The highest BCUT2D eigenvalue weighted by atomic mass is 19.1. The van der Waals surface area contributed by atoms with Crippen molar-refractivity contribution in [3.63, 3.8) is 0 Å². The van der Waals surface area contributed by atoms with E-state index in [0.29, 0.717) is 17.1 Å². The Bertz CT molecular complexity index is 1200. The first-order valence-electron chi connectivity index (χ1n) is 9.35. The summed E-state index contributed by atoms with van der Waals surface area (Å²) in [6, 6.07) is 16.0. The summed E-state index contributed by atoms with van der Waals surface area (Å²) in [4.78, 5) is 12.4. The molecule has 0 saturated carbocycles. The molecule has 0 bridgehead atoms. The average molecular weight is 420 g/mol. The van der Waals surface area contributed by atoms with Gasteiger partial charge in [-0.05, 0) is 37.3 Å². The van der Waals surface area contributed by atoms with E-state index < -0.39 is 23.8 Å². The van der Waals surface area contributed by atoms with Crippen molar-refractivity contribution >= 4 is 5.97 Å². The fourth-order valence-electron chi connectivity index (χ4n) is 3.22. The minimum atomic E-state index is -1.06. The normalized spacial score (nSPS) is 16.0. The van der Waals surface area contributed by atoms with Crippen molar-refractivity contribution in [2.45, 2.75) is 18.9 Å². The van der Waals surface area contributed by atoms with E-state index in [1.165, 1.54) is 37.5 Å². The molecule has 31 heavy (non-hydrogen) atoms. The Kier molecular flexibility index (Phi) is 5.33. The van der Waals surface area contributed by atoms with E-state index in [4.69, 9.17) is 24.4 Å². The number of fused-ring (bicyclic) bond motifs is 1. The van der Waals surface area contributed by atoms with E-state index in [-0.39, 0.29) is 23.0 Å². The van der Waals surface area contributed by atoms with Crippen LogP contribution in [0, 0.1) is 17.1 Å². The number of benzene rings is 2. The standard InChI is InChI=1S/C23H17FN2O5/c1-13(29-18-6-3-2-5-17(18)24)23(27)30-14-8-9-15-20(11-14)31-22(26)16(12-25)21(15)19-7-4-10-28-19/h2-11,13,21H,26H2,1H3. The summed E-state index contributed by atoms with van der Waals surface area (Å²) >= 11 is 0. The number of allylic oxidation sites excluding steroid dienone is 1. The summed E-state index contributed by atoms with van der Waals surface area (Å²) in [7, 11) is 0. The number of halogens is 1. The predicted molar refractivity (Wildman–Crippen MR) is 107 cm³/mol. The molecule has 156 valence electrons. The molecular weight excluding hydrogens is 403 g/mol. The Hall–Kier alpha value is -4.25. The maximum Gasteiger partial charge on any atom is 0.352 e. The Morgan fingerprint density at radius 1 is 1.23 bits per heavy atom. The first kappa shape index (κ1) is 20.0. The molecule has 2 heterocycles. The molecule has 0 aliphatic carbocycles. The van der Waals surface area contributed by atoms with Crippen LogP contribution in [0.15, 0.2) is 76.7 Å². The van der Waals surface area contributed by atoms with Gasteiger partial charge in [0.05, 0.1) is 12.2 Å². The summed E-state index contributed by atoms with van der Waals surface area (Å²) in [5.41, 5.74) is 6.79. The van der Waals surface area contributed by atoms with E-state index in [2.05, 4.69) is 6.07 Å². The maximum absolute atomic E-state index is 13.7. The molecule has 0 radical (unpaired) electrons. The first-order chi connectivity index (χ1) is 15.0. The topological polar surface area (TPSA) is 108 Å². The van der Waals surface area contributed by atoms with E-state index >= 15 is 0 Å². The second-order valence-corrected chi connectivity index (χ2v) is 6.75. The quantitative estimate of drug-likeness (QED) is 0.491. The summed E-state index contributed by atoms with van der Waals surface area (Å²) in [6.07, 6.45) is 0.447. The lowest BCUT2D eigenvalue weighted by Gasteiger charge is -2.25. The number of hydrogen-bond donors (Lipinski definition) is 1. The molecule has 2 N–H and O–H groups in total. The number of ether oxygens (including phenoxy) is 3. The van der Waals surface area contributed by atoms with Crippen LogP contribution in [0.5, 0.6) is 17.2 Å². The Balaban J connectivity index is 1.55. The van der Waals surface area contributed by atoms with E-state index in [0.717, 1.165) is 0 Å². The number of esters is 1. The molecule has 2 unspecified atom stereocenters. The zero-order valence-electron chi connectivity index (χ0n) is 16.4. The first-order valence-corrected chi connectivity index (χ1v) is 9.35. The number of furan rings is 1. The number of nitriles is 1. The highest BCUT2D eigenvalue weighted by Gasteiger charge is 2.33. The summed E-state index contributed by atoms with van der Waals surface area (Å²) < 4.78 is 35.5. The largest absolute Gasteiger partial charge is 0.476 e. The highest BCUT2D eigenvalue weighted by molar-refractivity contribution is 5.77. The fraction of sp³-hybridized carbons (Fsp3) is 0.130. The van der Waals surface area contributed by atoms with Gasteiger partial charge in [0, 0.05) is 11.6 Å². The van der Waals surface area contributed by atoms with Crippen molar-refractivity contribution in [2.24, 2.45) is 5.73 Å². The Labute approximate surface area is 177 Å². The maximum atomic E-state index is 13.7. The van der Waals surface area contributed by atoms with Crippen molar-refractivity contribution in [3.05, 3.63) is 89.5 Å². The van der Waals surface area contributed by atoms with Gasteiger partial charge < -0.3 is 24.4 Å². The predicted octanol–water partition coefficient (Wildman–Crippen LogP) is 4.01. The smallest absolute Gasteiger partial charge is 0.352 e. The van der Waals surface area contributed by atoms with E-state index in [1.54, 1.807) is 30.3 Å². The fourth-order valence-corrected chi connectivity index (χ4v) is 3.22. The van der Waals surface area contributed by atoms with Gasteiger partial charge in [-0.1, -0.05) is 18.2 Å². The van der Waals surface area contributed by atoms with Crippen LogP contribution >= 0.6 is 0 Å². The van der Waals surface area contributed by atoms with Crippen LogP contribution in [0.4, 0.5) is 4.39 Å². The molecule has 2 aromatic carbocycles. The van der Waals surface area contributed by atoms with Gasteiger partial charge in [-0.3, -0.25) is 0 Å². The van der Waals surface area contributed by atoms with Crippen LogP contribution < -0.4 is 19.9 Å². The monoisotopic (exact) mass is 420 g/mol. The van der Waals surface area contributed by atoms with Crippen LogP contribution in [0.25, 0.3) is 0 Å². The minimum absolute atomic E-state index is 0.0519. The zero-order chi connectivity index (χ0) is 22.0. The Morgan fingerprint density at radius 3 is 2.74 bits per heavy atom. The van der Waals surface area contributed by atoms with Gasteiger partial charge in [0.2, 0.25) is 5.88 Å². The lowest BCUT2D eigenvalue weighted by atomic mass is 9.87. The number of carbonyl (C=O) groups excluding carboxylic acids is 1. The average Bonchev–Trinajstić information content (AvgIpc) is 3.28. The Morgan fingerprint density at radius 2 is 2.03 bits per heavy atom. The highest BCUT2D eigenvalue weighted by Crippen LogP contribution is 2.43. The van der Waals surface area contributed by atoms with Gasteiger partial charge in [0.1, 0.15) is 28.9 Å². The molecule has 1 aliphatic rings. The molecule has 7 nitrogen and oxygen atoms in total. The molecule has 0 fully saturated rings. The molecule has 0 spiro atoms. The molecule has 0 saturated heterocycles. The molecule has 8 heteroatoms. The number of para-hydroxylation sites is 1. The van der Waals surface area contributed by atoms with Crippen molar-refractivity contribution in [1.29, 1.82) is 5.26 Å². The van der Waals surface area contributed by atoms with Gasteiger partial charge in [-0.15, -0.1) is 0 Å². The van der Waals surface area contributed by atoms with Crippen LogP contribution in [-0.4, -0.2) is 12.1 Å². The molecule has 2 atom stereocenters. The summed E-state index contributed by atoms with van der Waals surface area (Å²) in [5.74, 6) is -0.922. The second kappa shape index (κ2) is 8.24. The summed E-state index contributed by atoms with van der Waals surface area (Å²) in [5, 5.41) is 9.51. The molecule has 3 aromatic rings. The number of rotatable bonds is 5. The summed E-state index contributed by atoms with van der Waals surface area (Å²) in [6.45, 7) is 1.45. The third-order valence-corrected chi connectivity index (χ3v) is 4.71. The van der Waals surface area contributed by atoms with Gasteiger partial charge in [-0.25, -0.2) is 9.18 Å². The zero-order valence-corrected chi connectivity index (χ0v) is 16.4. The van der Waals surface area contributed by atoms with Crippen LogP contribution in [0.3, 0.4) is 0 Å². The molecular formula is C23H17FN2O5. The number of carbonyl (C=O) groups is 1. The lowest BCUT2D eigenvalue weighted by molar-refractivity contribution is -0.141. The SMILES string of the molecule is CC(Oc1ccccc1F)C(=O)Oc1ccc2c(c1)OC(N)=C(C#N)C2c1ccco1. The van der Waals surface area contributed by atoms with Crippen LogP contribution in [-0.2, 0) is 4.79 Å². The minimum Gasteiger partial charge on any atom is -0.476 e. The molecule has 0 amide bonds. The molecule has 1 aromatic heterocycles. The van der Waals surface area contributed by atoms with Crippen molar-refractivity contribution in [1.82, 2.24) is 0 Å².